The second-order valence-corrected chi connectivity index (χ2v) is 7.41. The van der Waals surface area contributed by atoms with Crippen LogP contribution in [0.2, 0.25) is 0 Å². The van der Waals surface area contributed by atoms with Crippen molar-refractivity contribution in [1.29, 1.82) is 0 Å². The number of halogens is 2. The fourth-order valence-corrected chi connectivity index (χ4v) is 2.81. The minimum atomic E-state index is 0.277. The molecule has 0 unspecified atom stereocenters. The van der Waals surface area contributed by atoms with Crippen LogP contribution >= 0.6 is 31.9 Å². The minimum Gasteiger partial charge on any atom is -0.384 e. The van der Waals surface area contributed by atoms with Crippen LogP contribution in [0, 0.1) is 0 Å². The molecule has 2 aromatic rings. The van der Waals surface area contributed by atoms with Gasteiger partial charge in [0.15, 0.2) is 0 Å². The second kappa shape index (κ2) is 6.81. The van der Waals surface area contributed by atoms with Crippen LogP contribution in [0.4, 0.5) is 11.4 Å². The highest BCUT2D eigenvalue weighted by molar-refractivity contribution is 9.10. The van der Waals surface area contributed by atoms with Gasteiger partial charge in [-0.25, -0.2) is 0 Å². The van der Waals surface area contributed by atoms with Gasteiger partial charge in [0, 0.05) is 32.3 Å². The van der Waals surface area contributed by atoms with Gasteiger partial charge in [-0.2, -0.15) is 0 Å². The monoisotopic (exact) mass is 411 g/mol. The van der Waals surface area contributed by atoms with Gasteiger partial charge < -0.3 is 10.7 Å². The Hall–Kier alpha value is -1.04. The van der Waals surface area contributed by atoms with E-state index in [1.165, 1.54) is 11.3 Å². The van der Waals surface area contributed by atoms with E-state index in [0.717, 1.165) is 21.2 Å². The highest BCUT2D eigenvalue weighted by Gasteiger charge is 2.29. The van der Waals surface area contributed by atoms with Crippen LogP contribution in [0.3, 0.4) is 0 Å². The zero-order valence-corrected chi connectivity index (χ0v) is 15.3. The van der Waals surface area contributed by atoms with Crippen LogP contribution in [0.25, 0.3) is 0 Å². The molecule has 0 amide bonds. The number of hydrogen-bond acceptors (Lipinski definition) is 3. The summed E-state index contributed by atoms with van der Waals surface area (Å²) < 4.78 is 2.22. The Morgan fingerprint density at radius 1 is 1.05 bits per heavy atom. The number of nitrogens with two attached hydrogens (primary N) is 1. The maximum Gasteiger partial charge on any atom is 0.0485 e. The van der Waals surface area contributed by atoms with Crippen LogP contribution in [-0.4, -0.2) is 6.54 Å². The lowest BCUT2D eigenvalue weighted by atomic mass is 9.87. The van der Waals surface area contributed by atoms with Crippen molar-refractivity contribution in [2.24, 2.45) is 5.84 Å². The predicted octanol–water partition coefficient (Wildman–Crippen LogP) is 4.89. The topological polar surface area (TPSA) is 50.1 Å². The maximum atomic E-state index is 5.13. The summed E-state index contributed by atoms with van der Waals surface area (Å²) in [6.07, 6.45) is 0. The Bertz CT molecular complexity index is 609. The van der Waals surface area contributed by atoms with Gasteiger partial charge in [0.25, 0.3) is 0 Å². The molecular formula is C16H19Br2N3. The molecule has 112 valence electrons. The number of hydrogen-bond donors (Lipinski definition) is 3. The van der Waals surface area contributed by atoms with Crippen molar-refractivity contribution in [3.63, 3.8) is 0 Å². The van der Waals surface area contributed by atoms with Gasteiger partial charge in [0.1, 0.15) is 0 Å². The standard InChI is InChI=1S/C10H12BrN.C6H7BrN2/c1-10(2)6-12-9-4-3-7(11)5-8(9)10;7-5-1-3-6(9-8)4-2-5/h3-5,12H,6H2,1-2H3;1-4,9H,8H2. The maximum absolute atomic E-state index is 5.13. The van der Waals surface area contributed by atoms with E-state index in [2.05, 4.69) is 74.6 Å². The fourth-order valence-electron chi connectivity index (χ4n) is 2.19. The number of rotatable bonds is 1. The van der Waals surface area contributed by atoms with Crippen LogP contribution in [0.1, 0.15) is 19.4 Å². The summed E-state index contributed by atoms with van der Waals surface area (Å²) in [4.78, 5) is 0. The summed E-state index contributed by atoms with van der Waals surface area (Å²) in [6.45, 7) is 5.56. The lowest BCUT2D eigenvalue weighted by Crippen LogP contribution is -2.18. The van der Waals surface area contributed by atoms with Gasteiger partial charge in [0.2, 0.25) is 0 Å². The van der Waals surface area contributed by atoms with Crippen molar-refractivity contribution >= 4 is 43.2 Å². The molecule has 1 aliphatic rings. The molecule has 4 N–H and O–H groups in total. The Morgan fingerprint density at radius 2 is 1.67 bits per heavy atom. The number of anilines is 2. The van der Waals surface area contributed by atoms with Crippen molar-refractivity contribution in [2.75, 3.05) is 17.3 Å². The zero-order valence-electron chi connectivity index (χ0n) is 12.1. The van der Waals surface area contributed by atoms with E-state index in [0.29, 0.717) is 0 Å². The molecular weight excluding hydrogens is 394 g/mol. The predicted molar refractivity (Wildman–Crippen MR) is 97.6 cm³/mol. The van der Waals surface area contributed by atoms with E-state index in [1.54, 1.807) is 0 Å². The number of nitrogens with one attached hydrogen (secondary N) is 2. The van der Waals surface area contributed by atoms with E-state index >= 15 is 0 Å². The van der Waals surface area contributed by atoms with Gasteiger partial charge >= 0.3 is 0 Å². The van der Waals surface area contributed by atoms with Crippen LogP contribution < -0.4 is 16.6 Å². The first-order chi connectivity index (χ1) is 9.92. The molecule has 3 rings (SSSR count). The van der Waals surface area contributed by atoms with E-state index in [1.807, 2.05) is 24.3 Å². The highest BCUT2D eigenvalue weighted by Crippen LogP contribution is 2.37. The summed E-state index contributed by atoms with van der Waals surface area (Å²) in [7, 11) is 0. The van der Waals surface area contributed by atoms with Crippen LogP contribution in [0.5, 0.6) is 0 Å². The lowest BCUT2D eigenvalue weighted by Gasteiger charge is -2.16. The van der Waals surface area contributed by atoms with Gasteiger partial charge in [-0.3, -0.25) is 5.84 Å². The van der Waals surface area contributed by atoms with E-state index in [9.17, 15) is 0 Å². The highest BCUT2D eigenvalue weighted by atomic mass is 79.9. The third kappa shape index (κ3) is 4.22. The third-order valence-electron chi connectivity index (χ3n) is 3.44. The molecule has 0 fully saturated rings. The molecule has 2 aromatic carbocycles. The molecule has 0 atom stereocenters. The molecule has 0 aliphatic carbocycles. The van der Waals surface area contributed by atoms with Crippen molar-refractivity contribution in [1.82, 2.24) is 0 Å². The molecule has 3 nitrogen and oxygen atoms in total. The van der Waals surface area contributed by atoms with Gasteiger partial charge in [-0.1, -0.05) is 45.7 Å². The van der Waals surface area contributed by atoms with E-state index < -0.39 is 0 Å². The molecule has 1 heterocycles. The summed E-state index contributed by atoms with van der Waals surface area (Å²) in [5.74, 6) is 5.13. The van der Waals surface area contributed by atoms with Crippen LogP contribution in [-0.2, 0) is 5.41 Å². The summed E-state index contributed by atoms with van der Waals surface area (Å²) in [5.41, 5.74) is 6.42. The fraction of sp³-hybridized carbons (Fsp3) is 0.250. The zero-order chi connectivity index (χ0) is 15.5. The quantitative estimate of drug-likeness (QED) is 0.461. The van der Waals surface area contributed by atoms with Crippen molar-refractivity contribution < 1.29 is 0 Å². The molecule has 0 aromatic heterocycles. The number of hydrazine groups is 1. The summed E-state index contributed by atoms with van der Waals surface area (Å²) >= 11 is 6.79. The summed E-state index contributed by atoms with van der Waals surface area (Å²) in [5, 5.41) is 3.40. The smallest absolute Gasteiger partial charge is 0.0485 e. The van der Waals surface area contributed by atoms with E-state index in [4.69, 9.17) is 5.84 Å². The third-order valence-corrected chi connectivity index (χ3v) is 4.46. The molecule has 0 radical (unpaired) electrons. The van der Waals surface area contributed by atoms with Crippen molar-refractivity contribution in [3.05, 3.63) is 57.0 Å². The first kappa shape index (κ1) is 16.3. The second-order valence-electron chi connectivity index (χ2n) is 5.58. The Labute approximate surface area is 142 Å². The number of fused-ring (bicyclic) bond motifs is 1. The Kier molecular flexibility index (Phi) is 5.30. The molecule has 1 aliphatic heterocycles. The normalized spacial score (nSPS) is 14.5. The Balaban J connectivity index is 0.000000161. The van der Waals surface area contributed by atoms with E-state index in [-0.39, 0.29) is 5.41 Å². The Morgan fingerprint density at radius 3 is 2.29 bits per heavy atom. The first-order valence-electron chi connectivity index (χ1n) is 6.68. The summed E-state index contributed by atoms with van der Waals surface area (Å²) in [6, 6.07) is 14.1. The lowest BCUT2D eigenvalue weighted by molar-refractivity contribution is 0.586. The van der Waals surface area contributed by atoms with Crippen molar-refractivity contribution in [2.45, 2.75) is 19.3 Å². The molecule has 0 saturated heterocycles. The van der Waals surface area contributed by atoms with Gasteiger partial charge in [0.05, 0.1) is 0 Å². The largest absolute Gasteiger partial charge is 0.384 e. The SMILES string of the molecule is CC1(C)CNc2ccc(Br)cc21.NNc1ccc(Br)cc1. The average molecular weight is 413 g/mol. The molecule has 0 saturated carbocycles. The molecule has 0 bridgehead atoms. The first-order valence-corrected chi connectivity index (χ1v) is 8.27. The number of benzene rings is 2. The van der Waals surface area contributed by atoms with Gasteiger partial charge in [-0.15, -0.1) is 0 Å². The van der Waals surface area contributed by atoms with Gasteiger partial charge in [-0.05, 0) is 48.0 Å². The number of nitrogen functional groups attached to an aromatic ring is 1. The molecule has 5 heteroatoms. The molecule has 0 spiro atoms. The average Bonchev–Trinajstić information content (AvgIpc) is 2.76. The molecule has 21 heavy (non-hydrogen) atoms. The van der Waals surface area contributed by atoms with Crippen LogP contribution in [0.15, 0.2) is 51.4 Å². The van der Waals surface area contributed by atoms with Crippen molar-refractivity contribution in [3.8, 4) is 0 Å². The minimum absolute atomic E-state index is 0.277.